The summed E-state index contributed by atoms with van der Waals surface area (Å²) in [5.41, 5.74) is -1.36. The van der Waals surface area contributed by atoms with Crippen LogP contribution in [-0.4, -0.2) is 42.7 Å². The summed E-state index contributed by atoms with van der Waals surface area (Å²) in [6, 6.07) is 5.38. The number of imide groups is 1. The van der Waals surface area contributed by atoms with Gasteiger partial charge in [0, 0.05) is 12.7 Å². The summed E-state index contributed by atoms with van der Waals surface area (Å²) in [5, 5.41) is 0. The van der Waals surface area contributed by atoms with Crippen LogP contribution in [0.2, 0.25) is 0 Å². The summed E-state index contributed by atoms with van der Waals surface area (Å²) < 4.78 is 22.5. The predicted molar refractivity (Wildman–Crippen MR) is 86.7 cm³/mol. The van der Waals surface area contributed by atoms with Crippen molar-refractivity contribution in [1.29, 1.82) is 0 Å². The van der Waals surface area contributed by atoms with Gasteiger partial charge < -0.3 is 18.9 Å². The normalized spacial score (nSPS) is 25.5. The molecule has 8 heteroatoms. The van der Waals surface area contributed by atoms with Gasteiger partial charge in [-0.25, -0.2) is 9.59 Å². The first-order chi connectivity index (χ1) is 11.2. The van der Waals surface area contributed by atoms with Gasteiger partial charge in [-0.1, -0.05) is 12.1 Å². The van der Waals surface area contributed by atoms with E-state index in [9.17, 15) is 9.59 Å². The molecule has 0 N–H and O–H groups in total. The van der Waals surface area contributed by atoms with Gasteiger partial charge in [0.25, 0.3) is 0 Å². The van der Waals surface area contributed by atoms with Crippen LogP contribution in [0.25, 0.3) is 0 Å². The molecule has 0 aromatic heterocycles. The number of para-hydroxylation sites is 1. The van der Waals surface area contributed by atoms with Crippen molar-refractivity contribution in [2.75, 3.05) is 13.7 Å². The number of nitrogens with zero attached hydrogens (tertiary/aromatic N) is 1. The summed E-state index contributed by atoms with van der Waals surface area (Å²) in [6.07, 6.45) is -2.49. The maximum absolute atomic E-state index is 12.7. The van der Waals surface area contributed by atoms with Crippen molar-refractivity contribution in [2.24, 2.45) is 0 Å². The van der Waals surface area contributed by atoms with Gasteiger partial charge in [0.2, 0.25) is 6.29 Å². The van der Waals surface area contributed by atoms with E-state index in [4.69, 9.17) is 18.9 Å². The quantitative estimate of drug-likeness (QED) is 0.720. The Balaban J connectivity index is 2.11. The highest BCUT2D eigenvalue weighted by molar-refractivity contribution is 9.10. The van der Waals surface area contributed by atoms with Crippen LogP contribution in [-0.2, 0) is 19.7 Å². The number of fused-ring (bicyclic) bond motifs is 2. The number of benzene rings is 1. The molecule has 0 aliphatic carbocycles. The number of ether oxygens (including phenoxy) is 4. The van der Waals surface area contributed by atoms with Crippen molar-refractivity contribution < 1.29 is 28.5 Å². The van der Waals surface area contributed by atoms with Crippen molar-refractivity contribution in [2.45, 2.75) is 38.2 Å². The zero-order chi connectivity index (χ0) is 17.7. The molecule has 2 amide bonds. The van der Waals surface area contributed by atoms with Gasteiger partial charge in [-0.2, -0.15) is 4.90 Å². The van der Waals surface area contributed by atoms with E-state index in [2.05, 4.69) is 15.9 Å². The molecule has 0 saturated carbocycles. The second-order valence-electron chi connectivity index (χ2n) is 6.60. The Morgan fingerprint density at radius 1 is 1.42 bits per heavy atom. The SMILES string of the molecule is COC1Oc2c(Br)cccc2C12COC(=O)N2C(=O)OC(C)(C)C. The highest BCUT2D eigenvalue weighted by atomic mass is 79.9. The van der Waals surface area contributed by atoms with Crippen molar-refractivity contribution >= 4 is 28.1 Å². The lowest BCUT2D eigenvalue weighted by molar-refractivity contribution is -0.120. The fraction of sp³-hybridized carbons (Fsp3) is 0.500. The topological polar surface area (TPSA) is 74.3 Å². The average molecular weight is 400 g/mol. The molecule has 3 rings (SSSR count). The molecule has 1 spiro atoms. The summed E-state index contributed by atoms with van der Waals surface area (Å²) in [6.45, 7) is 5.10. The van der Waals surface area contributed by atoms with E-state index in [1.807, 2.05) is 0 Å². The van der Waals surface area contributed by atoms with Crippen molar-refractivity contribution in [3.63, 3.8) is 0 Å². The first-order valence-corrected chi connectivity index (χ1v) is 8.18. The van der Waals surface area contributed by atoms with E-state index in [1.54, 1.807) is 39.0 Å². The predicted octanol–water partition coefficient (Wildman–Crippen LogP) is 3.40. The Morgan fingerprint density at radius 2 is 2.12 bits per heavy atom. The molecule has 2 heterocycles. The Kier molecular flexibility index (Phi) is 4.00. The molecule has 2 aliphatic rings. The van der Waals surface area contributed by atoms with Crippen LogP contribution in [0.4, 0.5) is 9.59 Å². The molecule has 2 unspecified atom stereocenters. The number of carbonyl (C=O) groups is 2. The van der Waals surface area contributed by atoms with Crippen molar-refractivity contribution in [3.8, 4) is 5.75 Å². The van der Waals surface area contributed by atoms with E-state index in [1.165, 1.54) is 7.11 Å². The molecular formula is C16H18BrNO6. The minimum Gasteiger partial charge on any atom is -0.460 e. The summed E-state index contributed by atoms with van der Waals surface area (Å²) in [7, 11) is 1.45. The number of hydrogen-bond donors (Lipinski definition) is 0. The first kappa shape index (κ1) is 17.0. The third kappa shape index (κ3) is 2.44. The number of carbonyl (C=O) groups excluding carboxylic acids is 2. The lowest BCUT2D eigenvalue weighted by atomic mass is 9.90. The second kappa shape index (κ2) is 5.63. The Morgan fingerprint density at radius 3 is 2.75 bits per heavy atom. The van der Waals surface area contributed by atoms with E-state index in [0.717, 1.165) is 4.90 Å². The molecule has 1 aromatic carbocycles. The smallest absolute Gasteiger partial charge is 0.420 e. The van der Waals surface area contributed by atoms with Gasteiger partial charge in [-0.15, -0.1) is 0 Å². The van der Waals surface area contributed by atoms with E-state index >= 15 is 0 Å². The second-order valence-corrected chi connectivity index (χ2v) is 7.45. The number of amides is 2. The van der Waals surface area contributed by atoms with E-state index < -0.39 is 29.6 Å². The molecule has 2 atom stereocenters. The summed E-state index contributed by atoms with van der Waals surface area (Å²) >= 11 is 3.41. The number of rotatable bonds is 1. The number of cyclic esters (lactones) is 1. The standard InChI is InChI=1S/C16H18BrNO6/c1-15(2,3)24-14(20)18-13(19)22-8-16(18)9-6-5-7-10(17)11(9)23-12(16)21-4/h5-7,12H,8H2,1-4H3. The molecule has 1 fully saturated rings. The van der Waals surface area contributed by atoms with E-state index in [-0.39, 0.29) is 6.61 Å². The molecule has 0 bridgehead atoms. The fourth-order valence-electron chi connectivity index (χ4n) is 2.92. The summed E-state index contributed by atoms with van der Waals surface area (Å²) in [5.74, 6) is 0.510. The monoisotopic (exact) mass is 399 g/mol. The van der Waals surface area contributed by atoms with Crippen molar-refractivity contribution in [3.05, 3.63) is 28.2 Å². The van der Waals surface area contributed by atoms with Crippen LogP contribution in [0.1, 0.15) is 26.3 Å². The average Bonchev–Trinajstić information content (AvgIpc) is 2.98. The van der Waals surface area contributed by atoms with Crippen LogP contribution >= 0.6 is 15.9 Å². The third-order valence-electron chi connectivity index (χ3n) is 3.84. The molecule has 7 nitrogen and oxygen atoms in total. The molecule has 1 aromatic rings. The van der Waals surface area contributed by atoms with Crippen LogP contribution in [0, 0.1) is 0 Å². The maximum atomic E-state index is 12.7. The highest BCUT2D eigenvalue weighted by Gasteiger charge is 2.64. The molecule has 0 radical (unpaired) electrons. The Hall–Kier alpha value is -1.80. The molecular weight excluding hydrogens is 382 g/mol. The Labute approximate surface area is 147 Å². The zero-order valence-corrected chi connectivity index (χ0v) is 15.4. The first-order valence-electron chi connectivity index (χ1n) is 7.39. The van der Waals surface area contributed by atoms with E-state index in [0.29, 0.717) is 15.8 Å². The molecule has 1 saturated heterocycles. The molecule has 24 heavy (non-hydrogen) atoms. The number of methoxy groups -OCH3 is 1. The van der Waals surface area contributed by atoms with Gasteiger partial charge >= 0.3 is 12.2 Å². The fourth-order valence-corrected chi connectivity index (χ4v) is 3.38. The van der Waals surface area contributed by atoms with Gasteiger partial charge in [-0.05, 0) is 42.8 Å². The van der Waals surface area contributed by atoms with Crippen LogP contribution in [0.15, 0.2) is 22.7 Å². The third-order valence-corrected chi connectivity index (χ3v) is 4.46. The summed E-state index contributed by atoms with van der Waals surface area (Å²) in [4.78, 5) is 25.9. The largest absolute Gasteiger partial charge is 0.460 e. The van der Waals surface area contributed by atoms with Crippen LogP contribution in [0.5, 0.6) is 5.75 Å². The Bertz CT molecular complexity index is 700. The van der Waals surface area contributed by atoms with Crippen LogP contribution < -0.4 is 4.74 Å². The zero-order valence-electron chi connectivity index (χ0n) is 13.8. The van der Waals surface area contributed by atoms with Crippen LogP contribution in [0.3, 0.4) is 0 Å². The van der Waals surface area contributed by atoms with Gasteiger partial charge in [0.1, 0.15) is 18.0 Å². The molecule has 130 valence electrons. The van der Waals surface area contributed by atoms with Gasteiger partial charge in [-0.3, -0.25) is 0 Å². The minimum atomic E-state index is -1.23. The molecule has 2 aliphatic heterocycles. The van der Waals surface area contributed by atoms with Gasteiger partial charge in [0.15, 0.2) is 5.54 Å². The number of halogens is 1. The number of hydrogen-bond acceptors (Lipinski definition) is 6. The lowest BCUT2D eigenvalue weighted by Crippen LogP contribution is -2.55. The highest BCUT2D eigenvalue weighted by Crippen LogP contribution is 2.51. The maximum Gasteiger partial charge on any atom is 0.420 e. The lowest BCUT2D eigenvalue weighted by Gasteiger charge is -2.34. The van der Waals surface area contributed by atoms with Crippen molar-refractivity contribution in [1.82, 2.24) is 4.90 Å². The van der Waals surface area contributed by atoms with Gasteiger partial charge in [0.05, 0.1) is 4.47 Å². The minimum absolute atomic E-state index is 0.0764.